The van der Waals surface area contributed by atoms with Crippen LogP contribution in [0.5, 0.6) is 5.75 Å². The molecule has 0 aliphatic carbocycles. The van der Waals surface area contributed by atoms with E-state index in [2.05, 4.69) is 10.6 Å². The second kappa shape index (κ2) is 9.59. The van der Waals surface area contributed by atoms with Gasteiger partial charge in [0.2, 0.25) is 0 Å². The van der Waals surface area contributed by atoms with Crippen LogP contribution in [0.2, 0.25) is 0 Å². The Morgan fingerprint density at radius 1 is 0.966 bits per heavy atom. The molecule has 1 heterocycles. The summed E-state index contributed by atoms with van der Waals surface area (Å²) in [4.78, 5) is 24.2. The van der Waals surface area contributed by atoms with E-state index in [0.29, 0.717) is 17.8 Å². The van der Waals surface area contributed by atoms with Gasteiger partial charge in [-0.2, -0.15) is 0 Å². The van der Waals surface area contributed by atoms with Crippen LogP contribution in [0.15, 0.2) is 71.3 Å². The maximum absolute atomic E-state index is 12.3. The van der Waals surface area contributed by atoms with Crippen LogP contribution in [0.4, 0.5) is 5.69 Å². The van der Waals surface area contributed by atoms with Crippen molar-refractivity contribution in [1.29, 1.82) is 0 Å². The first kappa shape index (κ1) is 20.2. The van der Waals surface area contributed by atoms with Crippen molar-refractivity contribution >= 4 is 17.5 Å². The molecule has 2 amide bonds. The number of ether oxygens (including phenoxy) is 1. The van der Waals surface area contributed by atoms with E-state index in [0.717, 1.165) is 17.7 Å². The number of hydrogen-bond donors (Lipinski definition) is 2. The highest BCUT2D eigenvalue weighted by molar-refractivity contribution is 6.02. The smallest absolute Gasteiger partial charge is 0.291 e. The highest BCUT2D eigenvalue weighted by atomic mass is 16.5. The van der Waals surface area contributed by atoms with Gasteiger partial charge in [-0.1, -0.05) is 12.1 Å². The van der Waals surface area contributed by atoms with E-state index in [-0.39, 0.29) is 23.7 Å². The Morgan fingerprint density at radius 2 is 1.69 bits per heavy atom. The third-order valence-electron chi connectivity index (χ3n) is 4.14. The molecule has 0 unspecified atom stereocenters. The fraction of sp³-hybridized carbons (Fsp3) is 0.217. The van der Waals surface area contributed by atoms with E-state index in [1.54, 1.807) is 36.4 Å². The van der Waals surface area contributed by atoms with Gasteiger partial charge in [-0.3, -0.25) is 9.59 Å². The van der Waals surface area contributed by atoms with Gasteiger partial charge in [0.1, 0.15) is 5.75 Å². The van der Waals surface area contributed by atoms with Gasteiger partial charge in [-0.15, -0.1) is 0 Å². The minimum absolute atomic E-state index is 0.144. The Morgan fingerprint density at radius 3 is 2.31 bits per heavy atom. The summed E-state index contributed by atoms with van der Waals surface area (Å²) >= 11 is 0. The van der Waals surface area contributed by atoms with Crippen molar-refractivity contribution < 1.29 is 18.7 Å². The molecule has 29 heavy (non-hydrogen) atoms. The third kappa shape index (κ3) is 5.97. The number of amides is 2. The van der Waals surface area contributed by atoms with Crippen LogP contribution in [0.1, 0.15) is 40.3 Å². The van der Waals surface area contributed by atoms with E-state index in [1.807, 2.05) is 38.1 Å². The molecule has 150 valence electrons. The van der Waals surface area contributed by atoms with Crippen molar-refractivity contribution in [3.05, 3.63) is 83.8 Å². The van der Waals surface area contributed by atoms with Gasteiger partial charge in [-0.05, 0) is 74.4 Å². The summed E-state index contributed by atoms with van der Waals surface area (Å²) < 4.78 is 10.7. The maximum Gasteiger partial charge on any atom is 0.291 e. The highest BCUT2D eigenvalue weighted by Crippen LogP contribution is 2.14. The van der Waals surface area contributed by atoms with Crippen LogP contribution in [-0.4, -0.2) is 24.5 Å². The van der Waals surface area contributed by atoms with E-state index in [1.165, 1.54) is 6.26 Å². The average Bonchev–Trinajstić information content (AvgIpc) is 3.24. The normalized spacial score (nSPS) is 10.6. The number of hydrogen-bond acceptors (Lipinski definition) is 4. The molecule has 0 saturated carbocycles. The molecule has 6 nitrogen and oxygen atoms in total. The zero-order chi connectivity index (χ0) is 20.6. The second-order valence-electron chi connectivity index (χ2n) is 6.83. The van der Waals surface area contributed by atoms with Gasteiger partial charge in [0, 0.05) is 17.8 Å². The SMILES string of the molecule is CC(C)Oc1ccc(CCNC(=O)c2ccc(NC(=O)c3ccco3)cc2)cc1. The molecule has 0 saturated heterocycles. The molecule has 0 atom stereocenters. The second-order valence-corrected chi connectivity index (χ2v) is 6.83. The largest absolute Gasteiger partial charge is 0.491 e. The molecule has 2 N–H and O–H groups in total. The van der Waals surface area contributed by atoms with E-state index in [4.69, 9.17) is 9.15 Å². The summed E-state index contributed by atoms with van der Waals surface area (Å²) in [6, 6.07) is 17.8. The standard InChI is InChI=1S/C23H24N2O4/c1-16(2)29-20-11-5-17(6-12-20)13-14-24-22(26)18-7-9-19(10-8-18)25-23(27)21-4-3-15-28-21/h3-12,15-16H,13-14H2,1-2H3,(H,24,26)(H,25,27). The fourth-order valence-corrected chi connectivity index (χ4v) is 2.73. The number of furan rings is 1. The van der Waals surface area contributed by atoms with Gasteiger partial charge in [0.25, 0.3) is 11.8 Å². The van der Waals surface area contributed by atoms with E-state index in [9.17, 15) is 9.59 Å². The predicted octanol–water partition coefficient (Wildman–Crippen LogP) is 4.29. The zero-order valence-corrected chi connectivity index (χ0v) is 16.5. The molecule has 0 radical (unpaired) electrons. The molecule has 0 fully saturated rings. The quantitative estimate of drug-likeness (QED) is 0.599. The third-order valence-corrected chi connectivity index (χ3v) is 4.14. The number of nitrogens with one attached hydrogen (secondary N) is 2. The minimum atomic E-state index is -0.336. The monoisotopic (exact) mass is 392 g/mol. The Bertz CT molecular complexity index is 930. The Kier molecular flexibility index (Phi) is 6.68. The van der Waals surface area contributed by atoms with Crippen LogP contribution in [0.3, 0.4) is 0 Å². The van der Waals surface area contributed by atoms with Crippen LogP contribution in [-0.2, 0) is 6.42 Å². The van der Waals surface area contributed by atoms with Crippen LogP contribution < -0.4 is 15.4 Å². The first-order chi connectivity index (χ1) is 14.0. The highest BCUT2D eigenvalue weighted by Gasteiger charge is 2.10. The van der Waals surface area contributed by atoms with E-state index >= 15 is 0 Å². The lowest BCUT2D eigenvalue weighted by atomic mass is 10.1. The molecule has 0 aliphatic heterocycles. The summed E-state index contributed by atoms with van der Waals surface area (Å²) in [5.74, 6) is 0.577. The first-order valence-electron chi connectivity index (χ1n) is 9.50. The summed E-state index contributed by atoms with van der Waals surface area (Å²) in [7, 11) is 0. The van der Waals surface area contributed by atoms with Crippen LogP contribution >= 0.6 is 0 Å². The lowest BCUT2D eigenvalue weighted by molar-refractivity contribution is 0.0953. The molecule has 0 aliphatic rings. The van der Waals surface area contributed by atoms with Gasteiger partial charge >= 0.3 is 0 Å². The van der Waals surface area contributed by atoms with Gasteiger partial charge in [-0.25, -0.2) is 0 Å². The summed E-state index contributed by atoms with van der Waals surface area (Å²) in [5, 5.41) is 5.62. The summed E-state index contributed by atoms with van der Waals surface area (Å²) in [6.07, 6.45) is 2.31. The van der Waals surface area contributed by atoms with Crippen molar-refractivity contribution in [1.82, 2.24) is 5.32 Å². The number of anilines is 1. The predicted molar refractivity (Wildman–Crippen MR) is 111 cm³/mol. The summed E-state index contributed by atoms with van der Waals surface area (Å²) in [6.45, 7) is 4.51. The molecule has 0 bridgehead atoms. The molecular formula is C23H24N2O4. The number of carbonyl (C=O) groups is 2. The van der Waals surface area contributed by atoms with Crippen molar-refractivity contribution in [3.8, 4) is 5.75 Å². The zero-order valence-electron chi connectivity index (χ0n) is 16.5. The van der Waals surface area contributed by atoms with E-state index < -0.39 is 0 Å². The fourth-order valence-electron chi connectivity index (χ4n) is 2.73. The van der Waals surface area contributed by atoms with Crippen molar-refractivity contribution in [2.75, 3.05) is 11.9 Å². The van der Waals surface area contributed by atoms with Gasteiger partial charge in [0.05, 0.1) is 12.4 Å². The first-order valence-corrected chi connectivity index (χ1v) is 9.50. The van der Waals surface area contributed by atoms with Crippen molar-refractivity contribution in [2.45, 2.75) is 26.4 Å². The number of rotatable bonds is 8. The lowest BCUT2D eigenvalue weighted by Gasteiger charge is -2.10. The molecule has 2 aromatic carbocycles. The average molecular weight is 392 g/mol. The summed E-state index contributed by atoms with van der Waals surface area (Å²) in [5.41, 5.74) is 2.24. The topological polar surface area (TPSA) is 80.6 Å². The van der Waals surface area contributed by atoms with Crippen LogP contribution in [0.25, 0.3) is 0 Å². The maximum atomic E-state index is 12.3. The molecule has 3 rings (SSSR count). The molecule has 1 aromatic heterocycles. The lowest BCUT2D eigenvalue weighted by Crippen LogP contribution is -2.25. The Balaban J connectivity index is 1.46. The Hall–Kier alpha value is -3.54. The Labute approximate surface area is 169 Å². The number of benzene rings is 2. The van der Waals surface area contributed by atoms with Crippen LogP contribution in [0, 0.1) is 0 Å². The minimum Gasteiger partial charge on any atom is -0.491 e. The van der Waals surface area contributed by atoms with Gasteiger partial charge < -0.3 is 19.8 Å². The molecular weight excluding hydrogens is 368 g/mol. The van der Waals surface area contributed by atoms with Crippen molar-refractivity contribution in [2.24, 2.45) is 0 Å². The van der Waals surface area contributed by atoms with Crippen molar-refractivity contribution in [3.63, 3.8) is 0 Å². The molecule has 3 aromatic rings. The molecule has 6 heteroatoms. The van der Waals surface area contributed by atoms with Gasteiger partial charge in [0.15, 0.2) is 5.76 Å². The molecule has 0 spiro atoms. The number of carbonyl (C=O) groups excluding carboxylic acids is 2.